The number of anilines is 1. The Morgan fingerprint density at radius 2 is 2.25 bits per heavy atom. The van der Waals surface area contributed by atoms with Gasteiger partial charge < -0.3 is 10.2 Å². The molecule has 0 spiro atoms. The van der Waals surface area contributed by atoms with Gasteiger partial charge in [0.05, 0.1) is 10.9 Å². The van der Waals surface area contributed by atoms with E-state index >= 15 is 0 Å². The molecule has 1 aromatic carbocycles. The molecule has 1 atom stereocenters. The first kappa shape index (κ1) is 16.4. The number of nitrogens with one attached hydrogen (secondary N) is 1. The molecule has 2 aromatic rings. The summed E-state index contributed by atoms with van der Waals surface area (Å²) >= 11 is 5.65. The number of nitrogens with zero attached hydrogens (tertiary/aromatic N) is 2. The second kappa shape index (κ2) is 6.97. The highest BCUT2D eigenvalue weighted by molar-refractivity contribution is 6.30. The molecule has 0 aliphatic carbocycles. The van der Waals surface area contributed by atoms with Crippen LogP contribution in [0.2, 0.25) is 5.02 Å². The van der Waals surface area contributed by atoms with E-state index in [-0.39, 0.29) is 29.8 Å². The van der Waals surface area contributed by atoms with Crippen LogP contribution in [0.5, 0.6) is 0 Å². The number of halogens is 2. The number of benzene rings is 1. The predicted molar refractivity (Wildman–Crippen MR) is 88.0 cm³/mol. The summed E-state index contributed by atoms with van der Waals surface area (Å²) in [6.07, 6.45) is 3.43. The zero-order valence-corrected chi connectivity index (χ0v) is 13.5. The minimum absolute atomic E-state index is 0.00356. The van der Waals surface area contributed by atoms with Crippen LogP contribution in [0.15, 0.2) is 42.7 Å². The summed E-state index contributed by atoms with van der Waals surface area (Å²) in [6, 6.07) is 7.82. The van der Waals surface area contributed by atoms with Gasteiger partial charge in [0.15, 0.2) is 0 Å². The molecule has 1 unspecified atom stereocenters. The fourth-order valence-electron chi connectivity index (χ4n) is 2.62. The van der Waals surface area contributed by atoms with Crippen LogP contribution < -0.4 is 10.2 Å². The van der Waals surface area contributed by atoms with Crippen molar-refractivity contribution in [3.8, 4) is 0 Å². The Morgan fingerprint density at radius 1 is 1.42 bits per heavy atom. The fraction of sp³-hybridized carbons (Fsp3) is 0.235. The van der Waals surface area contributed by atoms with Crippen molar-refractivity contribution in [3.63, 3.8) is 0 Å². The number of amides is 2. The molecule has 1 aliphatic rings. The van der Waals surface area contributed by atoms with Crippen molar-refractivity contribution < 1.29 is 14.0 Å². The first-order valence-electron chi connectivity index (χ1n) is 7.46. The van der Waals surface area contributed by atoms with Crippen molar-refractivity contribution in [1.29, 1.82) is 0 Å². The number of aromatic nitrogens is 1. The van der Waals surface area contributed by atoms with Gasteiger partial charge in [-0.1, -0.05) is 17.7 Å². The highest BCUT2D eigenvalue weighted by Gasteiger charge is 2.35. The average molecular weight is 348 g/mol. The lowest BCUT2D eigenvalue weighted by molar-refractivity contribution is -0.126. The largest absolute Gasteiger partial charge is 0.352 e. The summed E-state index contributed by atoms with van der Waals surface area (Å²) in [6.45, 7) is 0.575. The first-order chi connectivity index (χ1) is 11.5. The Hall–Kier alpha value is -2.47. The minimum Gasteiger partial charge on any atom is -0.352 e. The van der Waals surface area contributed by atoms with Crippen LogP contribution in [0.3, 0.4) is 0 Å². The number of carbonyl (C=O) groups excluding carboxylic acids is 2. The van der Waals surface area contributed by atoms with E-state index < -0.39 is 11.7 Å². The quantitative estimate of drug-likeness (QED) is 0.924. The van der Waals surface area contributed by atoms with E-state index in [0.29, 0.717) is 12.2 Å². The molecule has 7 heteroatoms. The number of carbonyl (C=O) groups is 2. The molecule has 1 saturated heterocycles. The summed E-state index contributed by atoms with van der Waals surface area (Å²) in [5.74, 6) is -1.47. The molecule has 0 bridgehead atoms. The smallest absolute Gasteiger partial charge is 0.227 e. The lowest BCUT2D eigenvalue weighted by Crippen LogP contribution is -2.32. The van der Waals surface area contributed by atoms with Gasteiger partial charge in [-0.05, 0) is 29.8 Å². The Bertz CT molecular complexity index is 770. The monoisotopic (exact) mass is 347 g/mol. The molecular weight excluding hydrogens is 333 g/mol. The Morgan fingerprint density at radius 3 is 2.96 bits per heavy atom. The maximum Gasteiger partial charge on any atom is 0.227 e. The average Bonchev–Trinajstić information content (AvgIpc) is 2.98. The highest BCUT2D eigenvalue weighted by Crippen LogP contribution is 2.28. The van der Waals surface area contributed by atoms with E-state index in [0.717, 1.165) is 5.56 Å². The van der Waals surface area contributed by atoms with E-state index in [2.05, 4.69) is 10.3 Å². The van der Waals surface area contributed by atoms with Crippen molar-refractivity contribution >= 4 is 29.1 Å². The van der Waals surface area contributed by atoms with Crippen molar-refractivity contribution in [2.75, 3.05) is 11.4 Å². The van der Waals surface area contributed by atoms with Crippen molar-refractivity contribution in [2.24, 2.45) is 5.92 Å². The van der Waals surface area contributed by atoms with Gasteiger partial charge in [0, 0.05) is 37.6 Å². The van der Waals surface area contributed by atoms with Gasteiger partial charge in [-0.3, -0.25) is 14.6 Å². The second-order valence-electron chi connectivity index (χ2n) is 5.58. The molecule has 1 fully saturated rings. The van der Waals surface area contributed by atoms with E-state index in [9.17, 15) is 14.0 Å². The maximum atomic E-state index is 13.6. The molecular formula is C17H15ClFN3O2. The van der Waals surface area contributed by atoms with Gasteiger partial charge in [0.2, 0.25) is 11.8 Å². The number of hydrogen-bond acceptors (Lipinski definition) is 3. The van der Waals surface area contributed by atoms with Gasteiger partial charge >= 0.3 is 0 Å². The third-order valence-corrected chi connectivity index (χ3v) is 4.21. The topological polar surface area (TPSA) is 62.3 Å². The fourth-order valence-corrected chi connectivity index (χ4v) is 2.74. The third kappa shape index (κ3) is 3.54. The van der Waals surface area contributed by atoms with E-state index in [1.165, 1.54) is 17.0 Å². The molecule has 5 nitrogen and oxygen atoms in total. The Labute approximate surface area is 143 Å². The summed E-state index contributed by atoms with van der Waals surface area (Å²) in [5, 5.41) is 2.80. The number of hydrogen-bond donors (Lipinski definition) is 1. The third-order valence-electron chi connectivity index (χ3n) is 3.90. The van der Waals surface area contributed by atoms with Gasteiger partial charge in [-0.25, -0.2) is 4.39 Å². The summed E-state index contributed by atoms with van der Waals surface area (Å²) in [4.78, 5) is 29.8. The van der Waals surface area contributed by atoms with Crippen LogP contribution in [0.4, 0.5) is 10.1 Å². The molecule has 3 rings (SSSR count). The van der Waals surface area contributed by atoms with Gasteiger partial charge in [0.25, 0.3) is 0 Å². The molecule has 124 valence electrons. The van der Waals surface area contributed by atoms with Crippen LogP contribution >= 0.6 is 11.6 Å². The zero-order chi connectivity index (χ0) is 17.1. The van der Waals surface area contributed by atoms with Gasteiger partial charge in [-0.2, -0.15) is 0 Å². The molecule has 24 heavy (non-hydrogen) atoms. The molecule has 1 aromatic heterocycles. The van der Waals surface area contributed by atoms with Crippen LogP contribution in [0.25, 0.3) is 0 Å². The predicted octanol–water partition coefficient (Wildman–Crippen LogP) is 2.54. The molecule has 0 saturated carbocycles. The minimum atomic E-state index is -0.591. The zero-order valence-electron chi connectivity index (χ0n) is 12.7. The first-order valence-corrected chi connectivity index (χ1v) is 7.84. The normalized spacial score (nSPS) is 17.2. The molecule has 1 N–H and O–H groups in total. The number of rotatable bonds is 4. The molecule has 2 amide bonds. The summed E-state index contributed by atoms with van der Waals surface area (Å²) in [5.41, 5.74) is 1.29. The van der Waals surface area contributed by atoms with Crippen LogP contribution in [-0.4, -0.2) is 23.3 Å². The van der Waals surface area contributed by atoms with Crippen molar-refractivity contribution in [1.82, 2.24) is 10.3 Å². The maximum absolute atomic E-state index is 13.6. The van der Waals surface area contributed by atoms with E-state index in [1.807, 2.05) is 6.07 Å². The lowest BCUT2D eigenvalue weighted by atomic mass is 10.1. The molecule has 1 aliphatic heterocycles. The summed E-state index contributed by atoms with van der Waals surface area (Å²) < 4.78 is 13.6. The van der Waals surface area contributed by atoms with Crippen LogP contribution in [0, 0.1) is 11.7 Å². The van der Waals surface area contributed by atoms with Gasteiger partial charge in [0.1, 0.15) is 5.82 Å². The van der Waals surface area contributed by atoms with Crippen molar-refractivity contribution in [3.05, 3.63) is 59.1 Å². The standard InChI is InChI=1S/C17H15ClFN3O2/c18-14-4-3-13(7-15(14)19)22-10-12(6-16(22)23)17(24)21-9-11-2-1-5-20-8-11/h1-5,7-8,12H,6,9-10H2,(H,21,24). The van der Waals surface area contributed by atoms with E-state index in [4.69, 9.17) is 11.6 Å². The van der Waals surface area contributed by atoms with Gasteiger partial charge in [-0.15, -0.1) is 0 Å². The molecule has 0 radical (unpaired) electrons. The van der Waals surface area contributed by atoms with Crippen LogP contribution in [-0.2, 0) is 16.1 Å². The van der Waals surface area contributed by atoms with Crippen LogP contribution in [0.1, 0.15) is 12.0 Å². The molecule has 2 heterocycles. The Kier molecular flexibility index (Phi) is 4.76. The SMILES string of the molecule is O=C(NCc1cccnc1)C1CC(=O)N(c2ccc(Cl)c(F)c2)C1. The number of pyridine rings is 1. The van der Waals surface area contributed by atoms with Crippen molar-refractivity contribution in [2.45, 2.75) is 13.0 Å². The highest BCUT2D eigenvalue weighted by atomic mass is 35.5. The van der Waals surface area contributed by atoms with E-state index in [1.54, 1.807) is 24.5 Å². The second-order valence-corrected chi connectivity index (χ2v) is 5.99. The lowest BCUT2D eigenvalue weighted by Gasteiger charge is -2.17. The summed E-state index contributed by atoms with van der Waals surface area (Å²) in [7, 11) is 0. The Balaban J connectivity index is 1.63.